The van der Waals surface area contributed by atoms with E-state index in [0.29, 0.717) is 5.69 Å². The number of aliphatic carboxylic acids is 1. The Bertz CT molecular complexity index is 788. The molecule has 3 rings (SSSR count). The molecule has 0 saturated carbocycles. The number of carboxylic acid groups (broad SMARTS) is 1. The second-order valence-corrected chi connectivity index (χ2v) is 7.55. The largest absolute Gasteiger partial charge is 0.481 e. The molecule has 1 amide bonds. The smallest absolute Gasteiger partial charge is 0.406 e. The number of hydrogen-bond acceptors (Lipinski definition) is 5. The van der Waals surface area contributed by atoms with Gasteiger partial charge in [-0.1, -0.05) is 6.07 Å². The maximum atomic E-state index is 13.2. The van der Waals surface area contributed by atoms with Crippen molar-refractivity contribution in [1.29, 1.82) is 0 Å². The summed E-state index contributed by atoms with van der Waals surface area (Å²) in [7, 11) is 0. The lowest BCUT2D eigenvalue weighted by molar-refractivity contribution is -0.227. The van der Waals surface area contributed by atoms with Crippen molar-refractivity contribution in [3.05, 3.63) is 28.6 Å². The third-order valence-corrected chi connectivity index (χ3v) is 6.12. The molecule has 5 nitrogen and oxygen atoms in total. The van der Waals surface area contributed by atoms with E-state index in [0.717, 1.165) is 14.8 Å². The summed E-state index contributed by atoms with van der Waals surface area (Å²) in [5, 5.41) is 13.4. The number of carboxylic acids is 1. The lowest BCUT2D eigenvalue weighted by Crippen LogP contribution is -2.47. The first-order valence-corrected chi connectivity index (χ1v) is 9.05. The number of hydrogen-bond donors (Lipinski definition) is 1. The highest BCUT2D eigenvalue weighted by Crippen LogP contribution is 2.45. The average molecular weight is 390 g/mol. The fourth-order valence-electron chi connectivity index (χ4n) is 2.72. The van der Waals surface area contributed by atoms with Crippen molar-refractivity contribution in [1.82, 2.24) is 9.88 Å². The summed E-state index contributed by atoms with van der Waals surface area (Å²) in [6.07, 6.45) is -5.68. The molecule has 1 N–H and O–H groups in total. The fourth-order valence-corrected chi connectivity index (χ4v) is 4.35. The van der Waals surface area contributed by atoms with Crippen LogP contribution in [0.5, 0.6) is 0 Å². The van der Waals surface area contributed by atoms with Crippen LogP contribution in [0.15, 0.2) is 22.9 Å². The average Bonchev–Trinajstić information content (AvgIpc) is 3.26. The van der Waals surface area contributed by atoms with Crippen molar-refractivity contribution >= 4 is 34.6 Å². The van der Waals surface area contributed by atoms with Crippen LogP contribution >= 0.6 is 22.7 Å². The van der Waals surface area contributed by atoms with Crippen LogP contribution in [0.25, 0.3) is 9.88 Å². The molecule has 1 fully saturated rings. The Morgan fingerprint density at radius 1 is 1.36 bits per heavy atom. The van der Waals surface area contributed by atoms with Crippen molar-refractivity contribution in [2.24, 2.45) is 5.41 Å². The van der Waals surface area contributed by atoms with E-state index in [2.05, 4.69) is 4.98 Å². The minimum atomic E-state index is -4.90. The van der Waals surface area contributed by atoms with Crippen LogP contribution < -0.4 is 0 Å². The molecule has 0 aliphatic carbocycles. The van der Waals surface area contributed by atoms with Crippen LogP contribution in [-0.2, 0) is 16.0 Å². The molecule has 10 heteroatoms. The van der Waals surface area contributed by atoms with Crippen LogP contribution in [-0.4, -0.2) is 46.1 Å². The molecule has 25 heavy (non-hydrogen) atoms. The molecule has 0 radical (unpaired) electrons. The van der Waals surface area contributed by atoms with Crippen molar-refractivity contribution in [3.63, 3.8) is 0 Å². The molecule has 1 atom stereocenters. The van der Waals surface area contributed by atoms with Gasteiger partial charge in [-0.3, -0.25) is 9.59 Å². The van der Waals surface area contributed by atoms with E-state index >= 15 is 0 Å². The summed E-state index contributed by atoms with van der Waals surface area (Å²) in [6.45, 7) is -1.08. The zero-order valence-corrected chi connectivity index (χ0v) is 14.4. The van der Waals surface area contributed by atoms with E-state index in [9.17, 15) is 22.8 Å². The van der Waals surface area contributed by atoms with Gasteiger partial charge in [-0.15, -0.1) is 22.7 Å². The maximum absolute atomic E-state index is 13.2. The Morgan fingerprint density at radius 3 is 2.68 bits per heavy atom. The molecule has 1 saturated heterocycles. The van der Waals surface area contributed by atoms with Crippen molar-refractivity contribution in [2.75, 3.05) is 13.1 Å². The van der Waals surface area contributed by atoms with Crippen LogP contribution in [0.1, 0.15) is 12.1 Å². The molecule has 0 aromatic carbocycles. The molecular formula is C15H13F3N2O3S2. The normalized spacial score (nSPS) is 20.8. The number of nitrogens with zero attached hydrogens (tertiary/aromatic N) is 2. The third-order valence-electron chi connectivity index (χ3n) is 4.19. The standard InChI is InChI=1S/C15H13F3N2O3S2/c16-15(17,18)14(13(22)23)3-4-20(8-14)11(21)6-9-7-25-12(19-9)10-2-1-5-24-10/h1-2,5,7H,3-4,6,8H2,(H,22,23). The number of rotatable bonds is 4. The number of thiazole rings is 1. The lowest BCUT2D eigenvalue weighted by atomic mass is 9.86. The minimum Gasteiger partial charge on any atom is -0.481 e. The second kappa shape index (κ2) is 6.41. The highest BCUT2D eigenvalue weighted by molar-refractivity contribution is 7.20. The van der Waals surface area contributed by atoms with Crippen molar-refractivity contribution < 1.29 is 27.9 Å². The monoisotopic (exact) mass is 390 g/mol. The fraction of sp³-hybridized carbons (Fsp3) is 0.400. The van der Waals surface area contributed by atoms with Gasteiger partial charge in [0.05, 0.1) is 17.0 Å². The van der Waals surface area contributed by atoms with E-state index < -0.39 is 36.4 Å². The first-order chi connectivity index (χ1) is 11.7. The molecule has 1 aliphatic heterocycles. The van der Waals surface area contributed by atoms with Crippen LogP contribution in [0, 0.1) is 5.41 Å². The molecular weight excluding hydrogens is 377 g/mol. The Balaban J connectivity index is 1.70. The second-order valence-electron chi connectivity index (χ2n) is 5.75. The van der Waals surface area contributed by atoms with Crippen LogP contribution in [0.2, 0.25) is 0 Å². The molecule has 2 aromatic heterocycles. The molecule has 0 spiro atoms. The maximum Gasteiger partial charge on any atom is 0.406 e. The van der Waals surface area contributed by atoms with E-state index in [4.69, 9.17) is 5.11 Å². The molecule has 2 aromatic rings. The zero-order chi connectivity index (χ0) is 18.2. The van der Waals surface area contributed by atoms with E-state index in [-0.39, 0.29) is 13.0 Å². The minimum absolute atomic E-state index is 0.143. The van der Waals surface area contributed by atoms with Gasteiger partial charge in [0.2, 0.25) is 5.91 Å². The molecule has 1 unspecified atom stereocenters. The molecule has 3 heterocycles. The SMILES string of the molecule is O=C(Cc1csc(-c2cccs2)n1)N1CCC(C(=O)O)(C(F)(F)F)C1. The Labute approximate surface area is 148 Å². The summed E-state index contributed by atoms with van der Waals surface area (Å²) in [6, 6.07) is 3.76. The molecule has 1 aliphatic rings. The van der Waals surface area contributed by atoms with Crippen molar-refractivity contribution in [3.8, 4) is 9.88 Å². The van der Waals surface area contributed by atoms with Crippen LogP contribution in [0.3, 0.4) is 0 Å². The van der Waals surface area contributed by atoms with Gasteiger partial charge in [0, 0.05) is 18.5 Å². The Kier molecular flexibility index (Phi) is 4.58. The highest BCUT2D eigenvalue weighted by atomic mass is 32.1. The van der Waals surface area contributed by atoms with Crippen molar-refractivity contribution in [2.45, 2.75) is 19.0 Å². The Hall–Kier alpha value is -1.94. The number of amides is 1. The van der Waals surface area contributed by atoms with Gasteiger partial charge in [-0.2, -0.15) is 13.2 Å². The van der Waals surface area contributed by atoms with Gasteiger partial charge in [0.1, 0.15) is 5.01 Å². The molecule has 0 bridgehead atoms. The van der Waals surface area contributed by atoms with E-state index in [1.54, 1.807) is 5.38 Å². The third kappa shape index (κ3) is 3.28. The summed E-state index contributed by atoms with van der Waals surface area (Å²) in [4.78, 5) is 29.7. The summed E-state index contributed by atoms with van der Waals surface area (Å²) in [5.41, 5.74) is -2.41. The van der Waals surface area contributed by atoms with Crippen LogP contribution in [0.4, 0.5) is 13.2 Å². The quantitative estimate of drug-likeness (QED) is 0.870. The van der Waals surface area contributed by atoms with Gasteiger partial charge in [0.15, 0.2) is 5.41 Å². The summed E-state index contributed by atoms with van der Waals surface area (Å²) < 4.78 is 39.5. The van der Waals surface area contributed by atoms with E-state index in [1.165, 1.54) is 22.7 Å². The first kappa shape index (κ1) is 17.9. The van der Waals surface area contributed by atoms with Gasteiger partial charge in [-0.05, 0) is 17.9 Å². The number of aromatic nitrogens is 1. The number of thiophene rings is 1. The summed E-state index contributed by atoms with van der Waals surface area (Å²) in [5.74, 6) is -2.49. The van der Waals surface area contributed by atoms with Gasteiger partial charge in [0.25, 0.3) is 0 Å². The Morgan fingerprint density at radius 2 is 2.12 bits per heavy atom. The number of halogens is 3. The predicted molar refractivity (Wildman–Crippen MR) is 86.5 cm³/mol. The topological polar surface area (TPSA) is 70.5 Å². The van der Waals surface area contributed by atoms with Gasteiger partial charge in [-0.25, -0.2) is 4.98 Å². The lowest BCUT2D eigenvalue weighted by Gasteiger charge is -2.27. The summed E-state index contributed by atoms with van der Waals surface area (Å²) >= 11 is 2.86. The zero-order valence-electron chi connectivity index (χ0n) is 12.7. The number of carbonyl (C=O) groups is 2. The highest BCUT2D eigenvalue weighted by Gasteiger charge is 2.64. The molecule has 134 valence electrons. The van der Waals surface area contributed by atoms with E-state index in [1.807, 2.05) is 17.5 Å². The number of likely N-dealkylation sites (tertiary alicyclic amines) is 1. The van der Waals surface area contributed by atoms with Gasteiger partial charge < -0.3 is 10.0 Å². The van der Waals surface area contributed by atoms with Gasteiger partial charge >= 0.3 is 12.1 Å². The predicted octanol–water partition coefficient (Wildman–Crippen LogP) is 3.28. The number of carbonyl (C=O) groups excluding carboxylic acids is 1. The number of alkyl halides is 3. The first-order valence-electron chi connectivity index (χ1n) is 7.29.